The number of aromatic nitrogens is 3. The first kappa shape index (κ1) is 19.7. The molecular weight excluding hydrogens is 399 g/mol. The molecule has 0 aliphatic rings. The van der Waals surface area contributed by atoms with Crippen molar-refractivity contribution in [3.8, 4) is 17.0 Å². The van der Waals surface area contributed by atoms with Crippen LogP contribution in [-0.2, 0) is 12.7 Å². The number of alkyl halides is 3. The van der Waals surface area contributed by atoms with Gasteiger partial charge in [0.1, 0.15) is 17.2 Å². The van der Waals surface area contributed by atoms with E-state index >= 15 is 0 Å². The molecule has 30 heavy (non-hydrogen) atoms. The Kier molecular flexibility index (Phi) is 4.81. The topological polar surface area (TPSA) is 70.2 Å². The van der Waals surface area contributed by atoms with E-state index in [-0.39, 0.29) is 12.1 Å². The number of benzene rings is 2. The van der Waals surface area contributed by atoms with Gasteiger partial charge in [0, 0.05) is 5.56 Å². The molecule has 0 unspecified atom stereocenters. The second-order valence-electron chi connectivity index (χ2n) is 6.70. The zero-order valence-electron chi connectivity index (χ0n) is 16.0. The maximum atomic E-state index is 13.0. The number of halogens is 3. The number of methoxy groups -OCH3 is 1. The van der Waals surface area contributed by atoms with E-state index in [9.17, 15) is 18.0 Å². The number of rotatable bonds is 4. The molecule has 0 radical (unpaired) electrons. The summed E-state index contributed by atoms with van der Waals surface area (Å²) in [5.41, 5.74) is 0.154. The van der Waals surface area contributed by atoms with E-state index in [1.54, 1.807) is 38.3 Å². The van der Waals surface area contributed by atoms with Crippen molar-refractivity contribution in [3.63, 3.8) is 0 Å². The van der Waals surface area contributed by atoms with Gasteiger partial charge in [0.25, 0.3) is 5.56 Å². The van der Waals surface area contributed by atoms with E-state index in [4.69, 9.17) is 9.26 Å². The van der Waals surface area contributed by atoms with Crippen LogP contribution in [0.15, 0.2) is 57.8 Å². The summed E-state index contributed by atoms with van der Waals surface area (Å²) >= 11 is 0. The minimum absolute atomic E-state index is 0.0697. The summed E-state index contributed by atoms with van der Waals surface area (Å²) in [6.45, 7) is 1.52. The van der Waals surface area contributed by atoms with E-state index in [2.05, 4.69) is 10.3 Å². The number of hydrogen-bond acceptors (Lipinski definition) is 5. The number of fused-ring (bicyclic) bond motifs is 1. The Balaban J connectivity index is 1.85. The van der Waals surface area contributed by atoms with Crippen LogP contribution < -0.4 is 10.3 Å². The summed E-state index contributed by atoms with van der Waals surface area (Å²) < 4.78 is 50.5. The van der Waals surface area contributed by atoms with Crippen molar-refractivity contribution in [2.75, 3.05) is 7.11 Å². The first-order chi connectivity index (χ1) is 14.3. The van der Waals surface area contributed by atoms with Gasteiger partial charge in [0.2, 0.25) is 0 Å². The van der Waals surface area contributed by atoms with Crippen molar-refractivity contribution in [3.05, 3.63) is 75.8 Å². The van der Waals surface area contributed by atoms with Gasteiger partial charge in [-0.1, -0.05) is 17.3 Å². The second-order valence-corrected chi connectivity index (χ2v) is 6.70. The van der Waals surface area contributed by atoms with E-state index in [0.717, 1.165) is 16.8 Å². The maximum absolute atomic E-state index is 13.0. The Labute approximate surface area is 168 Å². The van der Waals surface area contributed by atoms with Gasteiger partial charge >= 0.3 is 6.18 Å². The highest BCUT2D eigenvalue weighted by atomic mass is 19.4. The van der Waals surface area contributed by atoms with Gasteiger partial charge in [-0.05, 0) is 48.9 Å². The Morgan fingerprint density at radius 1 is 1.13 bits per heavy atom. The van der Waals surface area contributed by atoms with Crippen LogP contribution in [0, 0.1) is 6.92 Å². The van der Waals surface area contributed by atoms with Crippen LogP contribution in [0.4, 0.5) is 13.2 Å². The lowest BCUT2D eigenvalue weighted by Crippen LogP contribution is -2.24. The largest absolute Gasteiger partial charge is 0.497 e. The summed E-state index contributed by atoms with van der Waals surface area (Å²) in [5, 5.41) is 8.74. The molecule has 0 aliphatic heterocycles. The smallest absolute Gasteiger partial charge is 0.416 e. The molecule has 0 bridgehead atoms. The van der Waals surface area contributed by atoms with Crippen LogP contribution in [-0.4, -0.2) is 22.0 Å². The average Bonchev–Trinajstić information content (AvgIpc) is 3.12. The van der Waals surface area contributed by atoms with Crippen molar-refractivity contribution < 1.29 is 22.4 Å². The van der Waals surface area contributed by atoms with E-state index in [1.807, 2.05) is 0 Å². The predicted molar refractivity (Wildman–Crippen MR) is 103 cm³/mol. The molecule has 0 saturated carbocycles. The molecule has 0 N–H and O–H groups in total. The third-order valence-electron chi connectivity index (χ3n) is 4.71. The fourth-order valence-electron chi connectivity index (χ4n) is 3.21. The van der Waals surface area contributed by atoms with E-state index in [1.165, 1.54) is 12.1 Å². The SMILES string of the molecule is COc1ccc(-c2nn(Cc3cccc(C(F)(F)F)c3)c(=O)c3noc(C)c23)cc1. The third-order valence-corrected chi connectivity index (χ3v) is 4.71. The molecular formula is C21H16F3N3O3. The van der Waals surface area contributed by atoms with E-state index < -0.39 is 17.3 Å². The highest BCUT2D eigenvalue weighted by molar-refractivity contribution is 5.93. The van der Waals surface area contributed by atoms with Crippen LogP contribution in [0.3, 0.4) is 0 Å². The molecule has 9 heteroatoms. The number of aryl methyl sites for hydroxylation is 1. The molecule has 2 heterocycles. The number of hydrogen-bond donors (Lipinski definition) is 0. The highest BCUT2D eigenvalue weighted by Crippen LogP contribution is 2.30. The molecule has 154 valence electrons. The van der Waals surface area contributed by atoms with Crippen LogP contribution >= 0.6 is 0 Å². The first-order valence-electron chi connectivity index (χ1n) is 8.95. The number of nitrogens with zero attached hydrogens (tertiary/aromatic N) is 3. The van der Waals surface area contributed by atoms with Gasteiger partial charge in [-0.25, -0.2) is 4.68 Å². The van der Waals surface area contributed by atoms with Crippen LogP contribution in [0.2, 0.25) is 0 Å². The minimum atomic E-state index is -4.48. The van der Waals surface area contributed by atoms with Gasteiger partial charge in [0.05, 0.1) is 24.6 Å². The lowest BCUT2D eigenvalue weighted by atomic mass is 10.1. The van der Waals surface area contributed by atoms with Gasteiger partial charge < -0.3 is 9.26 Å². The molecule has 6 nitrogen and oxygen atoms in total. The van der Waals surface area contributed by atoms with Gasteiger partial charge in [-0.3, -0.25) is 4.79 Å². The first-order valence-corrected chi connectivity index (χ1v) is 8.95. The average molecular weight is 415 g/mol. The summed E-state index contributed by atoms with van der Waals surface area (Å²) in [6.07, 6.45) is -4.48. The lowest BCUT2D eigenvalue weighted by molar-refractivity contribution is -0.137. The molecule has 2 aromatic heterocycles. The summed E-state index contributed by atoms with van der Waals surface area (Å²) in [4.78, 5) is 12.8. The van der Waals surface area contributed by atoms with E-state index in [0.29, 0.717) is 33.7 Å². The quantitative estimate of drug-likeness (QED) is 0.493. The normalized spacial score (nSPS) is 11.8. The van der Waals surface area contributed by atoms with Gasteiger partial charge in [-0.15, -0.1) is 0 Å². The summed E-state index contributed by atoms with van der Waals surface area (Å²) in [7, 11) is 1.55. The standard InChI is InChI=1S/C21H16F3N3O3/c1-12-17-18(14-6-8-16(29-2)9-7-14)25-27(20(28)19(17)26-30-12)11-13-4-3-5-15(10-13)21(22,23)24/h3-10H,11H2,1-2H3. The highest BCUT2D eigenvalue weighted by Gasteiger charge is 2.30. The van der Waals surface area contributed by atoms with Crippen molar-refractivity contribution in [1.82, 2.24) is 14.9 Å². The van der Waals surface area contributed by atoms with Crippen molar-refractivity contribution >= 4 is 10.9 Å². The molecule has 4 aromatic rings. The molecule has 0 spiro atoms. The third kappa shape index (κ3) is 3.54. The zero-order valence-corrected chi connectivity index (χ0v) is 16.0. The monoisotopic (exact) mass is 415 g/mol. The minimum Gasteiger partial charge on any atom is -0.497 e. The fraction of sp³-hybridized carbons (Fsp3) is 0.190. The Bertz CT molecular complexity index is 1270. The summed E-state index contributed by atoms with van der Waals surface area (Å²) in [6, 6.07) is 11.8. The predicted octanol–water partition coefficient (Wildman–Crippen LogP) is 4.44. The van der Waals surface area contributed by atoms with Crippen molar-refractivity contribution in [2.45, 2.75) is 19.6 Å². The molecule has 0 saturated heterocycles. The zero-order chi connectivity index (χ0) is 21.5. The van der Waals surface area contributed by atoms with Crippen molar-refractivity contribution in [1.29, 1.82) is 0 Å². The Hall–Kier alpha value is -3.62. The van der Waals surface area contributed by atoms with Crippen LogP contribution in [0.1, 0.15) is 16.9 Å². The van der Waals surface area contributed by atoms with Crippen LogP contribution in [0.5, 0.6) is 5.75 Å². The van der Waals surface area contributed by atoms with Gasteiger partial charge in [0.15, 0.2) is 5.52 Å². The molecule has 2 aromatic carbocycles. The summed E-state index contributed by atoms with van der Waals surface area (Å²) in [5.74, 6) is 1.07. The Morgan fingerprint density at radius 3 is 2.53 bits per heavy atom. The Morgan fingerprint density at radius 2 is 1.87 bits per heavy atom. The molecule has 0 amide bonds. The van der Waals surface area contributed by atoms with Crippen molar-refractivity contribution in [2.24, 2.45) is 0 Å². The van der Waals surface area contributed by atoms with Gasteiger partial charge in [-0.2, -0.15) is 18.3 Å². The molecule has 0 aliphatic carbocycles. The number of ether oxygens (including phenoxy) is 1. The molecule has 0 atom stereocenters. The molecule has 0 fully saturated rings. The molecule has 4 rings (SSSR count). The van der Waals surface area contributed by atoms with Crippen LogP contribution in [0.25, 0.3) is 22.2 Å². The second kappa shape index (κ2) is 7.33. The maximum Gasteiger partial charge on any atom is 0.416 e. The lowest BCUT2D eigenvalue weighted by Gasteiger charge is -2.11. The fourth-order valence-corrected chi connectivity index (χ4v) is 3.21.